The molecule has 13 nitrogen and oxygen atoms in total. The van der Waals surface area contributed by atoms with Gasteiger partial charge in [0.1, 0.15) is 10.7 Å². The molecule has 0 saturated heterocycles. The van der Waals surface area contributed by atoms with Gasteiger partial charge in [-0.2, -0.15) is 9.97 Å². The van der Waals surface area contributed by atoms with Gasteiger partial charge in [0, 0.05) is 0 Å². The maximum Gasteiger partial charge on any atom is 0.349 e. The van der Waals surface area contributed by atoms with Crippen LogP contribution in [0.2, 0.25) is 0 Å². The smallest absolute Gasteiger partial charge is 0.349 e. The predicted molar refractivity (Wildman–Crippen MR) is 88.7 cm³/mol. The third kappa shape index (κ3) is 5.08. The lowest BCUT2D eigenvalue weighted by Crippen LogP contribution is -2.44. The van der Waals surface area contributed by atoms with Crippen molar-refractivity contribution >= 4 is 34.0 Å². The summed E-state index contributed by atoms with van der Waals surface area (Å²) in [6.45, 7) is 1.42. The van der Waals surface area contributed by atoms with Crippen molar-refractivity contribution in [3.8, 4) is 0 Å². The van der Waals surface area contributed by atoms with Crippen molar-refractivity contribution in [3.05, 3.63) is 46.1 Å². The number of urea groups is 2. The molecule has 1 aromatic carbocycles. The summed E-state index contributed by atoms with van der Waals surface area (Å²) in [4.78, 5) is 54.2. The fourth-order valence-electron chi connectivity index (χ4n) is 1.86. The van der Waals surface area contributed by atoms with Crippen LogP contribution >= 0.6 is 0 Å². The van der Waals surface area contributed by atoms with Gasteiger partial charge in [0.25, 0.3) is 10.0 Å². The van der Waals surface area contributed by atoms with E-state index in [9.17, 15) is 27.6 Å². The Labute approximate surface area is 150 Å². The largest absolute Gasteiger partial charge is 0.478 e. The molecule has 0 aliphatic carbocycles. The van der Waals surface area contributed by atoms with Crippen LogP contribution in [-0.4, -0.2) is 46.5 Å². The highest BCUT2D eigenvalue weighted by atomic mass is 32.2. The van der Waals surface area contributed by atoms with Gasteiger partial charge in [-0.3, -0.25) is 15.6 Å². The number of carboxylic acid groups (broad SMARTS) is 1. The molecule has 1 aromatic heterocycles. The lowest BCUT2D eigenvalue weighted by molar-refractivity contribution is 0.0692. The van der Waals surface area contributed by atoms with Crippen LogP contribution in [0.4, 0.5) is 15.5 Å². The van der Waals surface area contributed by atoms with E-state index >= 15 is 0 Å². The molecular weight excluding hydrogens is 384 g/mol. The second kappa shape index (κ2) is 7.61. The third-order valence-electron chi connectivity index (χ3n) is 2.86. The Bertz CT molecular complexity index is 1080. The molecule has 2 rings (SSSR count). The summed E-state index contributed by atoms with van der Waals surface area (Å²) in [5.74, 6) is -1.79. The number of nitrogens with one attached hydrogen (secondary N) is 4. The first-order chi connectivity index (χ1) is 12.6. The van der Waals surface area contributed by atoms with E-state index in [4.69, 9.17) is 5.11 Å². The maximum atomic E-state index is 12.2. The number of rotatable bonds is 4. The van der Waals surface area contributed by atoms with Crippen LogP contribution in [0.5, 0.6) is 0 Å². The maximum absolute atomic E-state index is 12.2. The van der Waals surface area contributed by atoms with Gasteiger partial charge >= 0.3 is 23.7 Å². The van der Waals surface area contributed by atoms with E-state index in [2.05, 4.69) is 15.0 Å². The minimum atomic E-state index is -4.58. The number of aromatic amines is 1. The van der Waals surface area contributed by atoms with Crippen LogP contribution < -0.4 is 21.0 Å². The average Bonchev–Trinajstić information content (AvgIpc) is 2.52. The van der Waals surface area contributed by atoms with Gasteiger partial charge < -0.3 is 5.11 Å². The molecule has 0 aliphatic rings. The highest BCUT2D eigenvalue weighted by Crippen LogP contribution is 2.15. The SMILES string of the molecule is Cc1nc(NC(=O)NC(=O)NS(=O)(=O)c2ccccc2C(=O)O)nc(=O)[nH]1. The number of benzene rings is 1. The van der Waals surface area contributed by atoms with Crippen molar-refractivity contribution < 1.29 is 27.9 Å². The summed E-state index contributed by atoms with van der Waals surface area (Å²) < 4.78 is 25.8. The Hall–Kier alpha value is -3.81. The zero-order valence-electron chi connectivity index (χ0n) is 13.5. The summed E-state index contributed by atoms with van der Waals surface area (Å²) in [6.07, 6.45) is 0. The Balaban J connectivity index is 2.09. The van der Waals surface area contributed by atoms with E-state index < -0.39 is 50.2 Å². The molecule has 142 valence electrons. The molecule has 0 aliphatic heterocycles. The Kier molecular flexibility index (Phi) is 5.50. The van der Waals surface area contributed by atoms with Gasteiger partial charge in [-0.15, -0.1) is 0 Å². The highest BCUT2D eigenvalue weighted by Gasteiger charge is 2.24. The van der Waals surface area contributed by atoms with Crippen molar-refractivity contribution in [2.75, 3.05) is 5.32 Å². The quantitative estimate of drug-likeness (QED) is 0.447. The van der Waals surface area contributed by atoms with E-state index in [1.165, 1.54) is 23.8 Å². The lowest BCUT2D eigenvalue weighted by atomic mass is 10.2. The Morgan fingerprint density at radius 3 is 2.41 bits per heavy atom. The first-order valence-electron chi connectivity index (χ1n) is 7.00. The average molecular weight is 396 g/mol. The molecule has 0 radical (unpaired) electrons. The number of H-pyrrole nitrogens is 1. The van der Waals surface area contributed by atoms with E-state index in [-0.39, 0.29) is 5.82 Å². The molecule has 27 heavy (non-hydrogen) atoms. The zero-order chi connectivity index (χ0) is 20.2. The first-order valence-corrected chi connectivity index (χ1v) is 8.49. The number of amides is 4. The van der Waals surface area contributed by atoms with Crippen LogP contribution in [0.15, 0.2) is 34.0 Å². The second-order valence-corrected chi connectivity index (χ2v) is 6.53. The number of aryl methyl sites for hydroxylation is 1. The summed E-state index contributed by atoms with van der Waals surface area (Å²) in [5, 5.41) is 12.6. The van der Waals surface area contributed by atoms with Crippen LogP contribution in [0.25, 0.3) is 0 Å². The molecule has 0 fully saturated rings. The van der Waals surface area contributed by atoms with Gasteiger partial charge in [0.05, 0.1) is 5.56 Å². The number of carboxylic acids is 1. The van der Waals surface area contributed by atoms with Crippen molar-refractivity contribution in [2.24, 2.45) is 0 Å². The number of hydrogen-bond donors (Lipinski definition) is 5. The highest BCUT2D eigenvalue weighted by molar-refractivity contribution is 7.90. The number of carbonyl (C=O) groups excluding carboxylic acids is 2. The van der Waals surface area contributed by atoms with Gasteiger partial charge in [0.15, 0.2) is 0 Å². The molecule has 5 N–H and O–H groups in total. The van der Waals surface area contributed by atoms with Gasteiger partial charge in [-0.05, 0) is 19.1 Å². The van der Waals surface area contributed by atoms with Gasteiger partial charge in [0.2, 0.25) is 5.95 Å². The molecular formula is C13H12N6O7S. The number of sulfonamides is 1. The minimum Gasteiger partial charge on any atom is -0.478 e. The Morgan fingerprint density at radius 1 is 1.11 bits per heavy atom. The molecule has 14 heteroatoms. The minimum absolute atomic E-state index is 0.141. The number of hydrogen-bond acceptors (Lipinski definition) is 8. The second-order valence-electron chi connectivity index (χ2n) is 4.88. The van der Waals surface area contributed by atoms with E-state index in [1.807, 2.05) is 5.32 Å². The third-order valence-corrected chi connectivity index (χ3v) is 4.24. The number of carbonyl (C=O) groups is 3. The van der Waals surface area contributed by atoms with Gasteiger partial charge in [-0.25, -0.2) is 32.3 Å². The van der Waals surface area contributed by atoms with Crippen molar-refractivity contribution in [2.45, 2.75) is 11.8 Å². The van der Waals surface area contributed by atoms with E-state index in [1.54, 1.807) is 5.32 Å². The molecule has 0 saturated carbocycles. The summed E-state index contributed by atoms with van der Waals surface area (Å²) in [6, 6.07) is 1.89. The fraction of sp³-hybridized carbons (Fsp3) is 0.0769. The van der Waals surface area contributed by atoms with Crippen LogP contribution in [0.3, 0.4) is 0 Å². The zero-order valence-corrected chi connectivity index (χ0v) is 14.3. The molecule has 0 bridgehead atoms. The number of aromatic nitrogens is 3. The summed E-state index contributed by atoms with van der Waals surface area (Å²) in [5.41, 5.74) is -1.36. The van der Waals surface area contributed by atoms with Crippen LogP contribution in [-0.2, 0) is 10.0 Å². The number of imide groups is 1. The predicted octanol–water partition coefficient (Wildman–Crippen LogP) is -0.608. The van der Waals surface area contributed by atoms with Crippen molar-refractivity contribution in [3.63, 3.8) is 0 Å². The van der Waals surface area contributed by atoms with Crippen molar-refractivity contribution in [1.82, 2.24) is 25.0 Å². The normalized spacial score (nSPS) is 10.7. The lowest BCUT2D eigenvalue weighted by Gasteiger charge is -2.10. The first kappa shape index (κ1) is 19.5. The van der Waals surface area contributed by atoms with Crippen molar-refractivity contribution in [1.29, 1.82) is 0 Å². The number of nitrogens with zero attached hydrogens (tertiary/aromatic N) is 2. The van der Waals surface area contributed by atoms with Gasteiger partial charge in [-0.1, -0.05) is 12.1 Å². The van der Waals surface area contributed by atoms with Crippen LogP contribution in [0.1, 0.15) is 16.2 Å². The monoisotopic (exact) mass is 396 g/mol. The number of aromatic carboxylic acids is 1. The Morgan fingerprint density at radius 2 is 1.78 bits per heavy atom. The van der Waals surface area contributed by atoms with E-state index in [0.717, 1.165) is 12.1 Å². The summed E-state index contributed by atoms with van der Waals surface area (Å²) in [7, 11) is -4.58. The summed E-state index contributed by atoms with van der Waals surface area (Å²) >= 11 is 0. The molecule has 0 atom stereocenters. The molecule has 0 spiro atoms. The topological polar surface area (TPSA) is 200 Å². The molecule has 4 amide bonds. The molecule has 2 aromatic rings. The molecule has 0 unspecified atom stereocenters. The standard InChI is InChI=1S/C13H12N6O7S/c1-6-14-10(16-11(22)15-6)17-12(23)18-13(24)19-27(25,26)8-5-3-2-4-7(8)9(20)21/h2-5H,1H3,(H,20,21)(H4,14,15,16,17,18,19,22,23,24). The number of anilines is 1. The van der Waals surface area contributed by atoms with E-state index in [0.29, 0.717) is 0 Å². The molecule has 1 heterocycles. The fourth-order valence-corrected chi connectivity index (χ4v) is 2.97. The van der Waals surface area contributed by atoms with Crippen LogP contribution in [0, 0.1) is 6.92 Å².